The maximum absolute atomic E-state index is 11.1. The molecule has 3 heterocycles. The van der Waals surface area contributed by atoms with E-state index in [1.807, 2.05) is 35.2 Å². The van der Waals surface area contributed by atoms with Crippen molar-refractivity contribution in [3.05, 3.63) is 42.7 Å². The van der Waals surface area contributed by atoms with Crippen molar-refractivity contribution in [3.63, 3.8) is 0 Å². The van der Waals surface area contributed by atoms with Gasteiger partial charge in [-0.15, -0.1) is 10.2 Å². The van der Waals surface area contributed by atoms with Crippen LogP contribution < -0.4 is 10.2 Å². The minimum absolute atomic E-state index is 0.0243. The molecule has 0 spiro atoms. The second-order valence-corrected chi connectivity index (χ2v) is 5.84. The van der Waals surface area contributed by atoms with E-state index in [9.17, 15) is 4.79 Å². The molecule has 8 nitrogen and oxygen atoms in total. The monoisotopic (exact) mass is 336 g/mol. The van der Waals surface area contributed by atoms with Gasteiger partial charge < -0.3 is 14.6 Å². The Balaban J connectivity index is 1.51. The van der Waals surface area contributed by atoms with Crippen molar-refractivity contribution in [2.45, 2.75) is 13.0 Å². The van der Waals surface area contributed by atoms with E-state index in [0.29, 0.717) is 30.6 Å². The molecular weight excluding hydrogens is 320 g/mol. The lowest BCUT2D eigenvalue weighted by molar-refractivity contribution is -0.119. The number of nitrogens with one attached hydrogen (secondary N) is 1. The Morgan fingerprint density at radius 2 is 1.92 bits per heavy atom. The predicted octanol–water partition coefficient (Wildman–Crippen LogP) is 1.52. The van der Waals surface area contributed by atoms with Crippen LogP contribution >= 0.6 is 0 Å². The molecule has 3 aromatic rings. The van der Waals surface area contributed by atoms with Gasteiger partial charge in [-0.1, -0.05) is 18.2 Å². The summed E-state index contributed by atoms with van der Waals surface area (Å²) < 4.78 is 5.72. The maximum atomic E-state index is 11.1. The predicted molar refractivity (Wildman–Crippen MR) is 90.6 cm³/mol. The smallest absolute Gasteiger partial charge is 0.268 e. The molecular formula is C17H16N6O2. The fourth-order valence-corrected chi connectivity index (χ4v) is 2.68. The van der Waals surface area contributed by atoms with E-state index in [4.69, 9.17) is 4.42 Å². The fourth-order valence-electron chi connectivity index (χ4n) is 2.68. The second kappa shape index (κ2) is 6.31. The number of anilines is 1. The zero-order valence-corrected chi connectivity index (χ0v) is 13.6. The van der Waals surface area contributed by atoms with Crippen molar-refractivity contribution in [2.75, 3.05) is 18.0 Å². The molecule has 126 valence electrons. The highest BCUT2D eigenvalue weighted by molar-refractivity contribution is 5.73. The minimum atomic E-state index is -0.0243. The van der Waals surface area contributed by atoms with Crippen LogP contribution in [0, 0.1) is 0 Å². The van der Waals surface area contributed by atoms with Crippen molar-refractivity contribution in [3.8, 4) is 23.0 Å². The van der Waals surface area contributed by atoms with Crippen LogP contribution in [-0.4, -0.2) is 45.2 Å². The molecule has 1 aromatic carbocycles. The van der Waals surface area contributed by atoms with Gasteiger partial charge >= 0.3 is 0 Å². The van der Waals surface area contributed by atoms with Crippen LogP contribution in [0.4, 0.5) is 5.82 Å². The van der Waals surface area contributed by atoms with E-state index in [2.05, 4.69) is 25.5 Å². The average molecular weight is 336 g/mol. The van der Waals surface area contributed by atoms with E-state index in [-0.39, 0.29) is 11.9 Å². The van der Waals surface area contributed by atoms with Crippen LogP contribution in [0.5, 0.6) is 0 Å². The topological polar surface area (TPSA) is 97.0 Å². The van der Waals surface area contributed by atoms with Gasteiger partial charge in [0, 0.05) is 25.6 Å². The molecule has 1 saturated heterocycles. The largest absolute Gasteiger partial charge is 0.415 e. The quantitative estimate of drug-likeness (QED) is 0.771. The van der Waals surface area contributed by atoms with Crippen LogP contribution in [-0.2, 0) is 4.79 Å². The molecule has 0 atom stereocenters. The summed E-state index contributed by atoms with van der Waals surface area (Å²) in [6.45, 7) is 2.93. The Kier molecular flexibility index (Phi) is 3.85. The molecule has 1 fully saturated rings. The molecule has 2 aromatic heterocycles. The Morgan fingerprint density at radius 1 is 1.16 bits per heavy atom. The maximum Gasteiger partial charge on any atom is 0.268 e. The molecule has 0 bridgehead atoms. The van der Waals surface area contributed by atoms with Crippen LogP contribution in [0.15, 0.2) is 47.1 Å². The van der Waals surface area contributed by atoms with Crippen LogP contribution in [0.1, 0.15) is 6.92 Å². The number of carbonyl (C=O) groups excluding carboxylic acids is 1. The molecule has 1 aliphatic rings. The van der Waals surface area contributed by atoms with E-state index in [0.717, 1.165) is 11.4 Å². The second-order valence-electron chi connectivity index (χ2n) is 5.84. The Labute approximate surface area is 143 Å². The summed E-state index contributed by atoms with van der Waals surface area (Å²) in [4.78, 5) is 21.8. The standard InChI is InChI=1S/C17H16N6O2/c1-11(24)19-13-9-23(10-13)15-8-18-7-14(20-15)17-22-21-16(25-17)12-5-3-2-4-6-12/h2-8,13H,9-10H2,1H3,(H,19,24). The van der Waals surface area contributed by atoms with Gasteiger partial charge in [-0.05, 0) is 12.1 Å². The van der Waals surface area contributed by atoms with E-state index in [1.54, 1.807) is 12.4 Å². The number of nitrogens with zero attached hydrogens (tertiary/aromatic N) is 5. The van der Waals surface area contributed by atoms with Crippen molar-refractivity contribution >= 4 is 11.7 Å². The van der Waals surface area contributed by atoms with E-state index >= 15 is 0 Å². The number of benzene rings is 1. The third kappa shape index (κ3) is 3.18. The van der Waals surface area contributed by atoms with Crippen molar-refractivity contribution in [1.82, 2.24) is 25.5 Å². The fraction of sp³-hybridized carbons (Fsp3) is 0.235. The molecule has 0 radical (unpaired) electrons. The number of aromatic nitrogens is 4. The number of carbonyl (C=O) groups is 1. The Hall–Kier alpha value is -3.29. The van der Waals surface area contributed by atoms with Crippen LogP contribution in [0.2, 0.25) is 0 Å². The summed E-state index contributed by atoms with van der Waals surface area (Å²) in [7, 11) is 0. The molecule has 8 heteroatoms. The zero-order valence-electron chi connectivity index (χ0n) is 13.6. The molecule has 4 rings (SSSR count). The first-order valence-electron chi connectivity index (χ1n) is 7.92. The van der Waals surface area contributed by atoms with Crippen molar-refractivity contribution < 1.29 is 9.21 Å². The number of rotatable bonds is 4. The zero-order chi connectivity index (χ0) is 17.2. The molecule has 25 heavy (non-hydrogen) atoms. The molecule has 1 aliphatic heterocycles. The van der Waals surface area contributed by atoms with E-state index < -0.39 is 0 Å². The highest BCUT2D eigenvalue weighted by atomic mass is 16.4. The SMILES string of the molecule is CC(=O)NC1CN(c2cncc(-c3nnc(-c4ccccc4)o3)n2)C1. The highest BCUT2D eigenvalue weighted by Gasteiger charge is 2.28. The molecule has 1 amide bonds. The van der Waals surface area contributed by atoms with Gasteiger partial charge in [-0.3, -0.25) is 9.78 Å². The number of amides is 1. The van der Waals surface area contributed by atoms with Crippen molar-refractivity contribution in [2.24, 2.45) is 0 Å². The summed E-state index contributed by atoms with van der Waals surface area (Å²) in [5, 5.41) is 11.0. The first kappa shape index (κ1) is 15.3. The molecule has 0 saturated carbocycles. The Morgan fingerprint density at radius 3 is 2.68 bits per heavy atom. The van der Waals surface area contributed by atoms with Crippen LogP contribution in [0.3, 0.4) is 0 Å². The number of hydrogen-bond donors (Lipinski definition) is 1. The third-order valence-corrected chi connectivity index (χ3v) is 3.90. The first-order chi connectivity index (χ1) is 12.2. The van der Waals surface area contributed by atoms with Gasteiger partial charge in [-0.2, -0.15) is 0 Å². The van der Waals surface area contributed by atoms with Gasteiger partial charge in [-0.25, -0.2) is 4.98 Å². The van der Waals surface area contributed by atoms with Gasteiger partial charge in [0.2, 0.25) is 11.8 Å². The van der Waals surface area contributed by atoms with Gasteiger partial charge in [0.15, 0.2) is 0 Å². The summed E-state index contributed by atoms with van der Waals surface area (Å²) in [5.41, 5.74) is 1.38. The summed E-state index contributed by atoms with van der Waals surface area (Å²) in [6, 6.07) is 9.71. The lowest BCUT2D eigenvalue weighted by Gasteiger charge is -2.40. The lowest BCUT2D eigenvalue weighted by Crippen LogP contribution is -2.59. The molecule has 0 aliphatic carbocycles. The average Bonchev–Trinajstić information content (AvgIpc) is 3.09. The molecule has 1 N–H and O–H groups in total. The Bertz CT molecular complexity index is 889. The summed E-state index contributed by atoms with van der Waals surface area (Å²) >= 11 is 0. The van der Waals surface area contributed by atoms with Gasteiger partial charge in [0.1, 0.15) is 11.5 Å². The van der Waals surface area contributed by atoms with Crippen molar-refractivity contribution in [1.29, 1.82) is 0 Å². The summed E-state index contributed by atoms with van der Waals surface area (Å²) in [6.07, 6.45) is 3.28. The normalized spacial score (nSPS) is 14.2. The van der Waals surface area contributed by atoms with Gasteiger partial charge in [0.05, 0.1) is 18.4 Å². The van der Waals surface area contributed by atoms with Crippen LogP contribution in [0.25, 0.3) is 23.0 Å². The lowest BCUT2D eigenvalue weighted by atomic mass is 10.1. The first-order valence-corrected chi connectivity index (χ1v) is 7.92. The summed E-state index contributed by atoms with van der Waals surface area (Å²) in [5.74, 6) is 1.46. The highest BCUT2D eigenvalue weighted by Crippen LogP contribution is 2.24. The number of hydrogen-bond acceptors (Lipinski definition) is 7. The van der Waals surface area contributed by atoms with E-state index in [1.165, 1.54) is 6.92 Å². The third-order valence-electron chi connectivity index (χ3n) is 3.90. The molecule has 0 unspecified atom stereocenters. The minimum Gasteiger partial charge on any atom is -0.415 e. The van der Waals surface area contributed by atoms with Gasteiger partial charge in [0.25, 0.3) is 5.89 Å².